The molecule has 0 aromatic heterocycles. The Morgan fingerprint density at radius 2 is 1.88 bits per heavy atom. The van der Waals surface area contributed by atoms with E-state index in [2.05, 4.69) is 11.0 Å². The Bertz CT molecular complexity index is 819. The van der Waals surface area contributed by atoms with Crippen LogP contribution in [0.5, 0.6) is 5.75 Å². The van der Waals surface area contributed by atoms with E-state index in [0.717, 1.165) is 31.6 Å². The number of sulfonamides is 1. The first-order valence-corrected chi connectivity index (χ1v) is 9.38. The minimum atomic E-state index is -3.67. The second kappa shape index (κ2) is 6.70. The maximum atomic E-state index is 11.2. The zero-order valence-electron chi connectivity index (χ0n) is 13.3. The topological polar surface area (TPSA) is 98.6 Å². The number of ether oxygens (including phenoxy) is 1. The third kappa shape index (κ3) is 3.63. The van der Waals surface area contributed by atoms with E-state index < -0.39 is 10.0 Å². The number of rotatable bonds is 5. The van der Waals surface area contributed by atoms with Gasteiger partial charge in [-0.1, -0.05) is 6.07 Å². The van der Waals surface area contributed by atoms with Crippen LogP contribution >= 0.6 is 0 Å². The molecule has 7 heteroatoms. The van der Waals surface area contributed by atoms with Crippen LogP contribution in [0.25, 0.3) is 0 Å². The summed E-state index contributed by atoms with van der Waals surface area (Å²) in [5.74, 6) is 0.618. The van der Waals surface area contributed by atoms with E-state index in [1.54, 1.807) is 12.1 Å². The molecule has 4 N–H and O–H groups in total. The first-order chi connectivity index (χ1) is 11.4. The van der Waals surface area contributed by atoms with E-state index in [4.69, 9.17) is 15.6 Å². The second-order valence-corrected chi connectivity index (χ2v) is 7.36. The predicted molar refractivity (Wildman–Crippen MR) is 94.7 cm³/mol. The van der Waals surface area contributed by atoms with E-state index in [-0.39, 0.29) is 4.90 Å². The Kier molecular flexibility index (Phi) is 4.64. The van der Waals surface area contributed by atoms with Gasteiger partial charge in [0.25, 0.3) is 0 Å². The summed E-state index contributed by atoms with van der Waals surface area (Å²) in [5.41, 5.74) is 9.28. The Balaban J connectivity index is 1.61. The van der Waals surface area contributed by atoms with Gasteiger partial charge in [-0.25, -0.2) is 13.6 Å². The largest absolute Gasteiger partial charge is 0.492 e. The van der Waals surface area contributed by atoms with Crippen LogP contribution in [0, 0.1) is 0 Å². The number of hydrogen-bond donors (Lipinski definition) is 2. The Labute approximate surface area is 142 Å². The van der Waals surface area contributed by atoms with E-state index in [1.165, 1.54) is 23.4 Å². The SMILES string of the molecule is Nc1cccc2c1CCCN2CCOc1ccc(S(N)(=O)=O)cc1. The van der Waals surface area contributed by atoms with Crippen LogP contribution < -0.4 is 20.5 Å². The highest BCUT2D eigenvalue weighted by Crippen LogP contribution is 2.30. The van der Waals surface area contributed by atoms with Crippen molar-refractivity contribution in [1.29, 1.82) is 0 Å². The van der Waals surface area contributed by atoms with Gasteiger partial charge < -0.3 is 15.4 Å². The summed E-state index contributed by atoms with van der Waals surface area (Å²) >= 11 is 0. The van der Waals surface area contributed by atoms with E-state index >= 15 is 0 Å². The lowest BCUT2D eigenvalue weighted by Crippen LogP contribution is -2.33. The molecule has 2 aromatic carbocycles. The van der Waals surface area contributed by atoms with Crippen LogP contribution in [0.1, 0.15) is 12.0 Å². The predicted octanol–water partition coefficient (Wildman–Crippen LogP) is 1.75. The van der Waals surface area contributed by atoms with Gasteiger partial charge in [0.2, 0.25) is 10.0 Å². The molecule has 0 amide bonds. The fourth-order valence-corrected chi connectivity index (χ4v) is 3.47. The van der Waals surface area contributed by atoms with Crippen LogP contribution in [-0.4, -0.2) is 28.1 Å². The molecule has 0 radical (unpaired) electrons. The zero-order chi connectivity index (χ0) is 17.2. The summed E-state index contributed by atoms with van der Waals surface area (Å²) in [5, 5.41) is 5.08. The lowest BCUT2D eigenvalue weighted by Gasteiger charge is -2.31. The molecule has 0 unspecified atom stereocenters. The standard InChI is InChI=1S/C17H21N3O3S/c18-16-4-1-5-17-15(16)3-2-10-20(17)11-12-23-13-6-8-14(9-7-13)24(19,21)22/h1,4-9H,2-3,10-12,18H2,(H2,19,21,22). The number of anilines is 2. The molecular formula is C17H21N3O3S. The maximum absolute atomic E-state index is 11.2. The average molecular weight is 347 g/mol. The molecule has 24 heavy (non-hydrogen) atoms. The molecule has 0 saturated carbocycles. The quantitative estimate of drug-likeness (QED) is 0.803. The highest BCUT2D eigenvalue weighted by Gasteiger charge is 2.18. The summed E-state index contributed by atoms with van der Waals surface area (Å²) in [7, 11) is -3.67. The molecule has 0 saturated heterocycles. The van der Waals surface area contributed by atoms with Gasteiger partial charge >= 0.3 is 0 Å². The van der Waals surface area contributed by atoms with Crippen molar-refractivity contribution in [3.8, 4) is 5.75 Å². The lowest BCUT2D eigenvalue weighted by molar-refractivity contribution is 0.322. The van der Waals surface area contributed by atoms with Crippen LogP contribution in [0.2, 0.25) is 0 Å². The van der Waals surface area contributed by atoms with Gasteiger partial charge in [-0.15, -0.1) is 0 Å². The summed E-state index contributed by atoms with van der Waals surface area (Å²) < 4.78 is 28.2. The van der Waals surface area contributed by atoms with Crippen molar-refractivity contribution in [3.05, 3.63) is 48.0 Å². The number of nitrogens with zero attached hydrogens (tertiary/aromatic N) is 1. The molecule has 128 valence electrons. The van der Waals surface area contributed by atoms with Crippen molar-refractivity contribution in [2.24, 2.45) is 5.14 Å². The lowest BCUT2D eigenvalue weighted by atomic mass is 10.00. The first-order valence-electron chi connectivity index (χ1n) is 7.83. The monoisotopic (exact) mass is 347 g/mol. The van der Waals surface area contributed by atoms with Crippen molar-refractivity contribution >= 4 is 21.4 Å². The van der Waals surface area contributed by atoms with Gasteiger partial charge in [0.15, 0.2) is 0 Å². The van der Waals surface area contributed by atoms with E-state index in [9.17, 15) is 8.42 Å². The number of fused-ring (bicyclic) bond motifs is 1. The van der Waals surface area contributed by atoms with Crippen LogP contribution in [-0.2, 0) is 16.4 Å². The minimum Gasteiger partial charge on any atom is -0.492 e. The van der Waals surface area contributed by atoms with Crippen LogP contribution in [0.4, 0.5) is 11.4 Å². The highest BCUT2D eigenvalue weighted by atomic mass is 32.2. The zero-order valence-corrected chi connectivity index (χ0v) is 14.1. The molecule has 6 nitrogen and oxygen atoms in total. The Hall–Kier alpha value is -2.25. The normalized spacial score (nSPS) is 14.3. The van der Waals surface area contributed by atoms with Gasteiger partial charge in [-0.2, -0.15) is 0 Å². The van der Waals surface area contributed by atoms with Crippen molar-refractivity contribution in [2.45, 2.75) is 17.7 Å². The molecule has 0 atom stereocenters. The maximum Gasteiger partial charge on any atom is 0.238 e. The van der Waals surface area contributed by atoms with Crippen LogP contribution in [0.15, 0.2) is 47.4 Å². The smallest absolute Gasteiger partial charge is 0.238 e. The van der Waals surface area contributed by atoms with Crippen molar-refractivity contribution in [2.75, 3.05) is 30.3 Å². The molecule has 0 fully saturated rings. The Morgan fingerprint density at radius 3 is 2.58 bits per heavy atom. The van der Waals surface area contributed by atoms with Crippen molar-refractivity contribution < 1.29 is 13.2 Å². The molecule has 3 rings (SSSR count). The minimum absolute atomic E-state index is 0.0790. The second-order valence-electron chi connectivity index (χ2n) is 5.80. The third-order valence-electron chi connectivity index (χ3n) is 4.17. The molecule has 1 aliphatic rings. The molecule has 1 aliphatic heterocycles. The van der Waals surface area contributed by atoms with Gasteiger partial charge in [-0.3, -0.25) is 0 Å². The molecular weight excluding hydrogens is 326 g/mol. The Morgan fingerprint density at radius 1 is 1.12 bits per heavy atom. The van der Waals surface area contributed by atoms with E-state index in [1.807, 2.05) is 12.1 Å². The van der Waals surface area contributed by atoms with E-state index in [0.29, 0.717) is 12.4 Å². The fraction of sp³-hybridized carbons (Fsp3) is 0.294. The number of benzene rings is 2. The molecule has 0 spiro atoms. The van der Waals surface area contributed by atoms with Crippen LogP contribution in [0.3, 0.4) is 0 Å². The van der Waals surface area contributed by atoms with Crippen molar-refractivity contribution in [1.82, 2.24) is 0 Å². The number of nitrogen functional groups attached to an aromatic ring is 1. The fourth-order valence-electron chi connectivity index (χ4n) is 2.96. The van der Waals surface area contributed by atoms with Gasteiger partial charge in [0.05, 0.1) is 11.4 Å². The van der Waals surface area contributed by atoms with Crippen molar-refractivity contribution in [3.63, 3.8) is 0 Å². The third-order valence-corrected chi connectivity index (χ3v) is 5.09. The summed E-state index contributed by atoms with van der Waals surface area (Å²) in [6, 6.07) is 12.1. The number of hydrogen-bond acceptors (Lipinski definition) is 5. The molecule has 0 aliphatic carbocycles. The summed E-state index contributed by atoms with van der Waals surface area (Å²) in [6.07, 6.45) is 2.08. The van der Waals surface area contributed by atoms with Gasteiger partial charge in [-0.05, 0) is 54.8 Å². The van der Waals surface area contributed by atoms with Gasteiger partial charge in [0, 0.05) is 17.9 Å². The molecule has 2 aromatic rings. The summed E-state index contributed by atoms with van der Waals surface area (Å²) in [4.78, 5) is 2.35. The number of primary sulfonamides is 1. The molecule has 0 bridgehead atoms. The average Bonchev–Trinajstić information content (AvgIpc) is 2.55. The first kappa shape index (κ1) is 16.6. The highest BCUT2D eigenvalue weighted by molar-refractivity contribution is 7.89. The summed E-state index contributed by atoms with van der Waals surface area (Å²) in [6.45, 7) is 2.22. The van der Waals surface area contributed by atoms with Gasteiger partial charge in [0.1, 0.15) is 12.4 Å². The molecule has 1 heterocycles. The number of nitrogens with two attached hydrogens (primary N) is 2.